The van der Waals surface area contributed by atoms with Crippen LogP contribution in [0.5, 0.6) is 0 Å². The van der Waals surface area contributed by atoms with E-state index in [1.54, 1.807) is 19.2 Å². The van der Waals surface area contributed by atoms with Gasteiger partial charge in [-0.05, 0) is 26.1 Å². The molecule has 0 bridgehead atoms. The van der Waals surface area contributed by atoms with Crippen LogP contribution in [-0.2, 0) is 0 Å². The van der Waals surface area contributed by atoms with Crippen molar-refractivity contribution >= 4 is 0 Å². The first-order chi connectivity index (χ1) is 6.19. The van der Waals surface area contributed by atoms with E-state index in [2.05, 4.69) is 5.32 Å². The third kappa shape index (κ3) is 2.04. The van der Waals surface area contributed by atoms with Crippen LogP contribution >= 0.6 is 0 Å². The number of benzene rings is 1. The molecule has 3 heteroatoms. The van der Waals surface area contributed by atoms with E-state index in [1.807, 2.05) is 13.0 Å². The lowest BCUT2D eigenvalue weighted by atomic mass is 10.1. The SMILES string of the molecule is CN[C@@H](C)c1ccc(C#N)cc1F. The highest BCUT2D eigenvalue weighted by molar-refractivity contribution is 5.33. The van der Waals surface area contributed by atoms with Gasteiger partial charge in [-0.2, -0.15) is 5.26 Å². The minimum absolute atomic E-state index is 0.0345. The summed E-state index contributed by atoms with van der Waals surface area (Å²) in [5, 5.41) is 11.5. The summed E-state index contributed by atoms with van der Waals surface area (Å²) in [6.07, 6.45) is 0. The van der Waals surface area contributed by atoms with E-state index >= 15 is 0 Å². The predicted molar refractivity (Wildman–Crippen MR) is 48.6 cm³/mol. The van der Waals surface area contributed by atoms with E-state index < -0.39 is 0 Å². The van der Waals surface area contributed by atoms with Crippen LogP contribution in [0.25, 0.3) is 0 Å². The Kier molecular flexibility index (Phi) is 2.99. The first kappa shape index (κ1) is 9.69. The van der Waals surface area contributed by atoms with Gasteiger partial charge in [-0.25, -0.2) is 4.39 Å². The van der Waals surface area contributed by atoms with Gasteiger partial charge < -0.3 is 5.32 Å². The summed E-state index contributed by atoms with van der Waals surface area (Å²) in [4.78, 5) is 0. The summed E-state index contributed by atoms with van der Waals surface area (Å²) in [7, 11) is 1.77. The normalized spacial score (nSPS) is 12.2. The molecule has 1 aromatic carbocycles. The van der Waals surface area contributed by atoms with Crippen LogP contribution in [0.4, 0.5) is 4.39 Å². The van der Waals surface area contributed by atoms with Crippen molar-refractivity contribution < 1.29 is 4.39 Å². The molecule has 0 fully saturated rings. The fourth-order valence-corrected chi connectivity index (χ4v) is 1.10. The molecule has 0 radical (unpaired) electrons. The highest BCUT2D eigenvalue weighted by Crippen LogP contribution is 2.17. The van der Waals surface area contributed by atoms with E-state index in [1.165, 1.54) is 6.07 Å². The molecule has 0 spiro atoms. The number of halogens is 1. The third-order valence-corrected chi connectivity index (χ3v) is 2.03. The summed E-state index contributed by atoms with van der Waals surface area (Å²) in [5.74, 6) is -0.332. The molecule has 0 aliphatic rings. The van der Waals surface area contributed by atoms with E-state index in [9.17, 15) is 4.39 Å². The van der Waals surface area contributed by atoms with Crippen molar-refractivity contribution in [2.45, 2.75) is 13.0 Å². The molecule has 0 amide bonds. The Bertz CT molecular complexity index is 341. The largest absolute Gasteiger partial charge is 0.313 e. The van der Waals surface area contributed by atoms with Crippen molar-refractivity contribution in [3.05, 3.63) is 35.1 Å². The third-order valence-electron chi connectivity index (χ3n) is 2.03. The average Bonchev–Trinajstić information content (AvgIpc) is 2.16. The van der Waals surface area contributed by atoms with Gasteiger partial charge in [0.15, 0.2) is 0 Å². The van der Waals surface area contributed by atoms with Gasteiger partial charge in [0.05, 0.1) is 11.6 Å². The second kappa shape index (κ2) is 4.01. The molecule has 13 heavy (non-hydrogen) atoms. The van der Waals surface area contributed by atoms with Crippen LogP contribution in [0.3, 0.4) is 0 Å². The smallest absolute Gasteiger partial charge is 0.129 e. The van der Waals surface area contributed by atoms with Crippen LogP contribution in [-0.4, -0.2) is 7.05 Å². The van der Waals surface area contributed by atoms with Gasteiger partial charge in [-0.3, -0.25) is 0 Å². The van der Waals surface area contributed by atoms with Crippen molar-refractivity contribution in [2.75, 3.05) is 7.05 Å². The maximum absolute atomic E-state index is 13.3. The Labute approximate surface area is 77.0 Å². The number of nitrogens with zero attached hydrogens (tertiary/aromatic N) is 1. The minimum atomic E-state index is -0.332. The number of hydrogen-bond acceptors (Lipinski definition) is 2. The Balaban J connectivity index is 3.07. The molecule has 0 saturated carbocycles. The van der Waals surface area contributed by atoms with E-state index in [-0.39, 0.29) is 11.9 Å². The predicted octanol–water partition coefficient (Wildman–Crippen LogP) is 1.98. The molecule has 0 aliphatic carbocycles. The fraction of sp³-hybridized carbons (Fsp3) is 0.300. The van der Waals surface area contributed by atoms with Crippen molar-refractivity contribution in [1.82, 2.24) is 5.32 Å². The summed E-state index contributed by atoms with van der Waals surface area (Å²) in [6, 6.07) is 6.36. The molecular weight excluding hydrogens is 167 g/mol. The van der Waals surface area contributed by atoms with Crippen molar-refractivity contribution in [3.8, 4) is 6.07 Å². The topological polar surface area (TPSA) is 35.8 Å². The Morgan fingerprint density at radius 2 is 2.23 bits per heavy atom. The van der Waals surface area contributed by atoms with Crippen molar-refractivity contribution in [2.24, 2.45) is 0 Å². The second-order valence-corrected chi connectivity index (χ2v) is 2.86. The van der Waals surface area contributed by atoms with E-state index in [0.717, 1.165) is 0 Å². The number of nitrogens with one attached hydrogen (secondary N) is 1. The molecule has 0 unspecified atom stereocenters. The van der Waals surface area contributed by atoms with Crippen molar-refractivity contribution in [3.63, 3.8) is 0 Å². The summed E-state index contributed by atoms with van der Waals surface area (Å²) < 4.78 is 13.3. The molecule has 0 aliphatic heterocycles. The Morgan fingerprint density at radius 3 is 2.69 bits per heavy atom. The Morgan fingerprint density at radius 1 is 1.54 bits per heavy atom. The van der Waals surface area contributed by atoms with Crippen LogP contribution in [0, 0.1) is 17.1 Å². The average molecular weight is 178 g/mol. The zero-order chi connectivity index (χ0) is 9.84. The molecule has 68 valence electrons. The zero-order valence-corrected chi connectivity index (χ0v) is 7.63. The molecule has 2 nitrogen and oxygen atoms in total. The maximum atomic E-state index is 13.3. The number of rotatable bonds is 2. The lowest BCUT2D eigenvalue weighted by Crippen LogP contribution is -2.13. The van der Waals surface area contributed by atoms with Gasteiger partial charge in [-0.1, -0.05) is 6.07 Å². The first-order valence-corrected chi connectivity index (χ1v) is 4.06. The molecule has 1 atom stereocenters. The quantitative estimate of drug-likeness (QED) is 0.751. The highest BCUT2D eigenvalue weighted by Gasteiger charge is 2.08. The molecule has 0 heterocycles. The molecule has 0 saturated heterocycles. The summed E-state index contributed by atoms with van der Waals surface area (Å²) >= 11 is 0. The Hall–Kier alpha value is -1.40. The first-order valence-electron chi connectivity index (χ1n) is 4.06. The molecule has 1 aromatic rings. The molecule has 1 rings (SSSR count). The fourth-order valence-electron chi connectivity index (χ4n) is 1.10. The van der Waals surface area contributed by atoms with Gasteiger partial charge in [0.2, 0.25) is 0 Å². The maximum Gasteiger partial charge on any atom is 0.129 e. The van der Waals surface area contributed by atoms with E-state index in [0.29, 0.717) is 11.1 Å². The number of hydrogen-bond donors (Lipinski definition) is 1. The van der Waals surface area contributed by atoms with Crippen LogP contribution in [0.1, 0.15) is 24.1 Å². The lowest BCUT2D eigenvalue weighted by molar-refractivity contribution is 0.561. The van der Waals surface area contributed by atoms with Gasteiger partial charge in [0.1, 0.15) is 5.82 Å². The van der Waals surface area contributed by atoms with Crippen molar-refractivity contribution in [1.29, 1.82) is 5.26 Å². The van der Waals surface area contributed by atoms with Gasteiger partial charge in [0, 0.05) is 11.6 Å². The van der Waals surface area contributed by atoms with Crippen LogP contribution in [0.15, 0.2) is 18.2 Å². The zero-order valence-electron chi connectivity index (χ0n) is 7.63. The van der Waals surface area contributed by atoms with Gasteiger partial charge >= 0.3 is 0 Å². The minimum Gasteiger partial charge on any atom is -0.313 e. The van der Waals surface area contributed by atoms with Crippen LogP contribution < -0.4 is 5.32 Å². The number of nitriles is 1. The van der Waals surface area contributed by atoms with Gasteiger partial charge in [-0.15, -0.1) is 0 Å². The summed E-state index contributed by atoms with van der Waals surface area (Å²) in [6.45, 7) is 1.87. The van der Waals surface area contributed by atoms with E-state index in [4.69, 9.17) is 5.26 Å². The molecule has 0 aromatic heterocycles. The second-order valence-electron chi connectivity index (χ2n) is 2.86. The lowest BCUT2D eigenvalue weighted by Gasteiger charge is -2.11. The monoisotopic (exact) mass is 178 g/mol. The summed E-state index contributed by atoms with van der Waals surface area (Å²) in [5.41, 5.74) is 0.936. The highest BCUT2D eigenvalue weighted by atomic mass is 19.1. The molecule has 1 N–H and O–H groups in total. The molecular formula is C10H11FN2. The van der Waals surface area contributed by atoms with Gasteiger partial charge in [0.25, 0.3) is 0 Å². The standard InChI is InChI=1S/C10H11FN2/c1-7(13-2)9-4-3-8(6-12)5-10(9)11/h3-5,7,13H,1-2H3/t7-/m0/s1. The van der Waals surface area contributed by atoms with Crippen LogP contribution in [0.2, 0.25) is 0 Å².